The van der Waals surface area contributed by atoms with E-state index >= 15 is 0 Å². The largest absolute Gasteiger partial charge is 1.00 e. The molecular weight excluding hydrogens is 561 g/mol. The Morgan fingerprint density at radius 3 is 2.51 bits per heavy atom. The molecule has 1 amide bonds. The number of para-hydroxylation sites is 1. The number of amides is 1. The quantitative estimate of drug-likeness (QED) is 0.357. The van der Waals surface area contributed by atoms with Gasteiger partial charge >= 0.3 is 29.6 Å². The van der Waals surface area contributed by atoms with E-state index in [2.05, 4.69) is 36.6 Å². The first-order valence-electron chi connectivity index (χ1n) is 10.5. The number of fused-ring (bicyclic) bond motifs is 1. The average Bonchev–Trinajstić information content (AvgIpc) is 3.28. The average molecular weight is 582 g/mol. The van der Waals surface area contributed by atoms with E-state index in [1.165, 1.54) is 12.3 Å². The van der Waals surface area contributed by atoms with Crippen LogP contribution < -0.4 is 39.2 Å². The number of benzene rings is 2. The normalized spacial score (nSPS) is 14.0. The number of carbonyl (C=O) groups is 1. The maximum absolute atomic E-state index is 13.3. The van der Waals surface area contributed by atoms with Crippen molar-refractivity contribution in [2.24, 2.45) is 0 Å². The number of halogens is 1. The van der Waals surface area contributed by atoms with Crippen molar-refractivity contribution in [1.29, 1.82) is 0 Å². The molecule has 1 saturated heterocycles. The number of rotatable bonds is 5. The number of nitrogens with zero attached hydrogens (tertiary/aromatic N) is 4. The molecule has 2 aromatic carbocycles. The van der Waals surface area contributed by atoms with Crippen LogP contribution in [0.2, 0.25) is 0 Å². The van der Waals surface area contributed by atoms with Gasteiger partial charge < -0.3 is 11.2 Å². The summed E-state index contributed by atoms with van der Waals surface area (Å²) in [5.41, 5.74) is 1.49. The van der Waals surface area contributed by atoms with Gasteiger partial charge in [-0.05, 0) is 42.5 Å². The standard InChI is InChI=1S/C23H20BrN5O3S2.Na.H/c24-16-8-9-19-20(15-16)33-23(26-19)29-13-11-28(12-14-29)22(30)17-5-1-2-6-18(17)27-34(31,32)21-7-3-4-10-25-21;;/h1-10,15,27H,11-14H2;;/q;+1;-1. The number of sulfonamides is 1. The summed E-state index contributed by atoms with van der Waals surface area (Å²) in [5, 5.41) is 0.831. The van der Waals surface area contributed by atoms with Crippen LogP contribution >= 0.6 is 27.3 Å². The van der Waals surface area contributed by atoms with Crippen molar-refractivity contribution in [2.45, 2.75) is 5.03 Å². The summed E-state index contributed by atoms with van der Waals surface area (Å²) in [5.74, 6) is -0.216. The Kier molecular flexibility index (Phi) is 8.14. The molecule has 0 unspecified atom stereocenters. The number of piperazine rings is 1. The van der Waals surface area contributed by atoms with E-state index in [0.717, 1.165) is 19.8 Å². The Hall–Kier alpha value is -2.02. The number of carbonyl (C=O) groups excluding carboxylic acids is 1. The van der Waals surface area contributed by atoms with Crippen LogP contribution in [0, 0.1) is 0 Å². The molecule has 0 aliphatic carbocycles. The van der Waals surface area contributed by atoms with Crippen molar-refractivity contribution < 1.29 is 44.2 Å². The van der Waals surface area contributed by atoms with Crippen LogP contribution in [-0.2, 0) is 10.0 Å². The van der Waals surface area contributed by atoms with Crippen molar-refractivity contribution in [3.8, 4) is 0 Å². The van der Waals surface area contributed by atoms with Crippen LogP contribution in [0.1, 0.15) is 11.8 Å². The first-order chi connectivity index (χ1) is 16.4. The number of anilines is 2. The summed E-state index contributed by atoms with van der Waals surface area (Å²) in [6.07, 6.45) is 1.41. The van der Waals surface area contributed by atoms with E-state index in [4.69, 9.17) is 4.98 Å². The number of thiazole rings is 1. The minimum absolute atomic E-state index is 0. The fourth-order valence-corrected chi connectivity index (χ4v) is 6.35. The third-order valence-electron chi connectivity index (χ3n) is 5.49. The molecule has 1 aliphatic heterocycles. The summed E-state index contributed by atoms with van der Waals surface area (Å²) in [7, 11) is -3.91. The smallest absolute Gasteiger partial charge is 1.00 e. The van der Waals surface area contributed by atoms with Gasteiger partial charge in [0.25, 0.3) is 15.9 Å². The van der Waals surface area contributed by atoms with Crippen LogP contribution in [0.3, 0.4) is 0 Å². The number of hydrogen-bond donors (Lipinski definition) is 1. The van der Waals surface area contributed by atoms with Gasteiger partial charge in [0.1, 0.15) is 0 Å². The van der Waals surface area contributed by atoms with Gasteiger partial charge in [-0.2, -0.15) is 8.42 Å². The number of hydrogen-bond acceptors (Lipinski definition) is 7. The van der Waals surface area contributed by atoms with E-state index in [1.54, 1.807) is 52.6 Å². The first-order valence-corrected chi connectivity index (χ1v) is 13.6. The Morgan fingerprint density at radius 2 is 1.77 bits per heavy atom. The Balaban J connectivity index is 0.00000180. The van der Waals surface area contributed by atoms with E-state index in [-0.39, 0.29) is 47.6 Å². The minimum Gasteiger partial charge on any atom is -1.00 e. The van der Waals surface area contributed by atoms with Crippen molar-refractivity contribution in [2.75, 3.05) is 35.8 Å². The summed E-state index contributed by atoms with van der Waals surface area (Å²) < 4.78 is 30.1. The molecule has 0 radical (unpaired) electrons. The number of pyridine rings is 1. The molecule has 0 bridgehead atoms. The van der Waals surface area contributed by atoms with E-state index < -0.39 is 10.0 Å². The SMILES string of the molecule is O=C(c1ccccc1NS(=O)(=O)c1ccccn1)N1CCN(c2nc3ccc(Br)cc3s2)CC1.[H-].[Na+]. The third kappa shape index (κ3) is 5.71. The van der Waals surface area contributed by atoms with Gasteiger partial charge in [0, 0.05) is 36.8 Å². The van der Waals surface area contributed by atoms with Gasteiger partial charge in [0.15, 0.2) is 10.2 Å². The topological polar surface area (TPSA) is 95.5 Å². The maximum Gasteiger partial charge on any atom is 1.00 e. The predicted octanol–water partition coefficient (Wildman–Crippen LogP) is 1.33. The molecule has 5 rings (SSSR count). The molecule has 0 spiro atoms. The third-order valence-corrected chi connectivity index (χ3v) is 8.34. The molecule has 1 N–H and O–H groups in total. The van der Waals surface area contributed by atoms with E-state index in [0.29, 0.717) is 31.7 Å². The van der Waals surface area contributed by atoms with Crippen LogP contribution in [-0.4, -0.2) is 55.4 Å². The first kappa shape index (κ1) is 26.1. The number of aromatic nitrogens is 2. The predicted molar refractivity (Wildman–Crippen MR) is 138 cm³/mol. The van der Waals surface area contributed by atoms with Crippen molar-refractivity contribution in [1.82, 2.24) is 14.9 Å². The van der Waals surface area contributed by atoms with Gasteiger partial charge in [0.2, 0.25) is 0 Å². The molecule has 12 heteroatoms. The Morgan fingerprint density at radius 1 is 1.03 bits per heavy atom. The van der Waals surface area contributed by atoms with Crippen molar-refractivity contribution >= 4 is 64.2 Å². The van der Waals surface area contributed by atoms with Crippen LogP contribution in [0.15, 0.2) is 76.4 Å². The van der Waals surface area contributed by atoms with Gasteiger partial charge in [-0.3, -0.25) is 9.52 Å². The van der Waals surface area contributed by atoms with Gasteiger partial charge in [0.05, 0.1) is 21.5 Å². The molecule has 4 aromatic rings. The van der Waals surface area contributed by atoms with Gasteiger partial charge in [-0.15, -0.1) is 0 Å². The monoisotopic (exact) mass is 581 g/mol. The zero-order chi connectivity index (χ0) is 23.7. The summed E-state index contributed by atoms with van der Waals surface area (Å²) in [4.78, 5) is 25.9. The second-order valence-electron chi connectivity index (χ2n) is 7.71. The van der Waals surface area contributed by atoms with Gasteiger partial charge in [-0.25, -0.2) is 9.97 Å². The van der Waals surface area contributed by atoms with Crippen molar-refractivity contribution in [3.63, 3.8) is 0 Å². The molecule has 176 valence electrons. The molecular formula is C23H21BrN5NaO3S2. The molecule has 35 heavy (non-hydrogen) atoms. The molecule has 8 nitrogen and oxygen atoms in total. The molecule has 0 saturated carbocycles. The van der Waals surface area contributed by atoms with Crippen molar-refractivity contribution in [3.05, 3.63) is 76.9 Å². The zero-order valence-electron chi connectivity index (χ0n) is 19.9. The second-order valence-corrected chi connectivity index (χ2v) is 11.3. The minimum atomic E-state index is -3.91. The van der Waals surface area contributed by atoms with Crippen LogP contribution in [0.5, 0.6) is 0 Å². The molecule has 3 heterocycles. The van der Waals surface area contributed by atoms with Crippen LogP contribution in [0.4, 0.5) is 10.8 Å². The molecule has 1 aliphatic rings. The fourth-order valence-electron chi connectivity index (χ4n) is 3.75. The molecule has 1 fully saturated rings. The second kappa shape index (κ2) is 10.9. The number of nitrogens with one attached hydrogen (secondary N) is 1. The summed E-state index contributed by atoms with van der Waals surface area (Å²) in [6.45, 7) is 2.32. The summed E-state index contributed by atoms with van der Waals surface area (Å²) >= 11 is 5.13. The zero-order valence-corrected chi connectivity index (χ0v) is 24.1. The fraction of sp³-hybridized carbons (Fsp3) is 0.174. The Bertz CT molecular complexity index is 1470. The Labute approximate surface area is 239 Å². The van der Waals surface area contributed by atoms with E-state index in [1.807, 2.05) is 12.1 Å². The van der Waals surface area contributed by atoms with Gasteiger partial charge in [-0.1, -0.05) is 45.5 Å². The van der Waals surface area contributed by atoms with Crippen LogP contribution in [0.25, 0.3) is 10.2 Å². The van der Waals surface area contributed by atoms with E-state index in [9.17, 15) is 13.2 Å². The maximum atomic E-state index is 13.3. The summed E-state index contributed by atoms with van der Waals surface area (Å²) in [6, 6.07) is 17.3. The molecule has 2 aromatic heterocycles. The molecule has 0 atom stereocenters.